The van der Waals surface area contributed by atoms with Crippen LogP contribution in [-0.2, 0) is 6.42 Å². The Hall–Kier alpha value is -1.91. The van der Waals surface area contributed by atoms with Gasteiger partial charge in [0.15, 0.2) is 11.5 Å². The highest BCUT2D eigenvalue weighted by molar-refractivity contribution is 6.35. The Bertz CT molecular complexity index is 802. The number of nitrogens with zero attached hydrogens (tertiary/aromatic N) is 1. The molecule has 0 saturated heterocycles. The fraction of sp³-hybridized carbons (Fsp3) is 0.316. The van der Waals surface area contributed by atoms with Crippen LogP contribution in [0.1, 0.15) is 34.5 Å². The monoisotopic (exact) mass is 379 g/mol. The Labute approximate surface area is 157 Å². The molecule has 1 heterocycles. The second-order valence-corrected chi connectivity index (χ2v) is 6.86. The SMILES string of the molecule is COc1cc2c(cc1OC)[C@H](C)N(C(=O)c1cc(Cl)cc(Cl)c1)CC2. The quantitative estimate of drug-likeness (QED) is 0.770. The first kappa shape index (κ1) is 17.9. The van der Waals surface area contributed by atoms with Gasteiger partial charge >= 0.3 is 0 Å². The van der Waals surface area contributed by atoms with Gasteiger partial charge in [0.25, 0.3) is 5.91 Å². The molecule has 0 fully saturated rings. The maximum Gasteiger partial charge on any atom is 0.254 e. The molecule has 25 heavy (non-hydrogen) atoms. The number of hydrogen-bond acceptors (Lipinski definition) is 3. The van der Waals surface area contributed by atoms with Crippen molar-refractivity contribution in [2.24, 2.45) is 0 Å². The fourth-order valence-corrected chi connectivity index (χ4v) is 3.79. The number of halogens is 2. The predicted molar refractivity (Wildman–Crippen MR) is 99.2 cm³/mol. The van der Waals surface area contributed by atoms with Crippen molar-refractivity contribution in [2.75, 3.05) is 20.8 Å². The van der Waals surface area contributed by atoms with E-state index in [-0.39, 0.29) is 11.9 Å². The van der Waals surface area contributed by atoms with E-state index in [1.807, 2.05) is 24.0 Å². The van der Waals surface area contributed by atoms with Gasteiger partial charge in [0.05, 0.1) is 20.3 Å². The standard InChI is InChI=1S/C19H19Cl2NO3/c1-11-16-10-18(25-3)17(24-2)8-12(16)4-5-22(11)19(23)13-6-14(20)9-15(21)7-13/h6-11H,4-5H2,1-3H3/t11-/m0/s1. The van der Waals surface area contributed by atoms with E-state index < -0.39 is 0 Å². The summed E-state index contributed by atoms with van der Waals surface area (Å²) in [7, 11) is 3.23. The lowest BCUT2D eigenvalue weighted by molar-refractivity contribution is 0.0677. The summed E-state index contributed by atoms with van der Waals surface area (Å²) in [5, 5.41) is 0.902. The van der Waals surface area contributed by atoms with Crippen molar-refractivity contribution in [2.45, 2.75) is 19.4 Å². The number of ether oxygens (including phenoxy) is 2. The fourth-order valence-electron chi connectivity index (χ4n) is 3.27. The third kappa shape index (κ3) is 3.42. The maximum atomic E-state index is 13.0. The number of amides is 1. The number of carbonyl (C=O) groups excluding carboxylic acids is 1. The van der Waals surface area contributed by atoms with Crippen molar-refractivity contribution >= 4 is 29.1 Å². The minimum atomic E-state index is -0.0891. The van der Waals surface area contributed by atoms with Crippen LogP contribution in [0.3, 0.4) is 0 Å². The molecule has 0 spiro atoms. The molecule has 0 bridgehead atoms. The second kappa shape index (κ2) is 7.14. The Morgan fingerprint density at radius 1 is 1.04 bits per heavy atom. The number of rotatable bonds is 3. The summed E-state index contributed by atoms with van der Waals surface area (Å²) >= 11 is 12.1. The van der Waals surface area contributed by atoms with Gasteiger partial charge in [-0.05, 0) is 54.8 Å². The molecule has 0 aliphatic carbocycles. The first-order valence-corrected chi connectivity index (χ1v) is 8.72. The second-order valence-electron chi connectivity index (χ2n) is 5.99. The smallest absolute Gasteiger partial charge is 0.254 e. The summed E-state index contributed by atoms with van der Waals surface area (Å²) in [6.45, 7) is 2.63. The molecule has 1 amide bonds. The van der Waals surface area contributed by atoms with Gasteiger partial charge < -0.3 is 14.4 Å². The number of carbonyl (C=O) groups is 1. The lowest BCUT2D eigenvalue weighted by Crippen LogP contribution is -2.38. The molecule has 0 N–H and O–H groups in total. The van der Waals surface area contributed by atoms with E-state index in [4.69, 9.17) is 32.7 Å². The van der Waals surface area contributed by atoms with Crippen molar-refractivity contribution in [1.29, 1.82) is 0 Å². The minimum absolute atomic E-state index is 0.0858. The van der Waals surface area contributed by atoms with Gasteiger partial charge in [0.2, 0.25) is 0 Å². The molecule has 0 radical (unpaired) electrons. The zero-order valence-corrected chi connectivity index (χ0v) is 15.8. The third-order valence-electron chi connectivity index (χ3n) is 4.56. The van der Waals surface area contributed by atoms with Crippen molar-refractivity contribution in [1.82, 2.24) is 4.90 Å². The first-order valence-electron chi connectivity index (χ1n) is 7.96. The Kier molecular flexibility index (Phi) is 5.11. The molecule has 0 aromatic heterocycles. The van der Waals surface area contributed by atoms with Gasteiger partial charge in [0.1, 0.15) is 0 Å². The van der Waals surface area contributed by atoms with Crippen LogP contribution in [0.15, 0.2) is 30.3 Å². The van der Waals surface area contributed by atoms with E-state index in [1.54, 1.807) is 32.4 Å². The van der Waals surface area contributed by atoms with E-state index in [9.17, 15) is 4.79 Å². The molecule has 1 aliphatic heterocycles. The molecular weight excluding hydrogens is 361 g/mol. The average molecular weight is 380 g/mol. The molecule has 1 atom stereocenters. The van der Waals surface area contributed by atoms with E-state index in [2.05, 4.69) is 0 Å². The van der Waals surface area contributed by atoms with Gasteiger partial charge in [-0.15, -0.1) is 0 Å². The van der Waals surface area contributed by atoms with Crippen molar-refractivity contribution in [3.05, 3.63) is 57.1 Å². The molecule has 0 saturated carbocycles. The summed E-state index contributed by atoms with van der Waals surface area (Å²) in [5.41, 5.74) is 2.72. The summed E-state index contributed by atoms with van der Waals surface area (Å²) in [5.74, 6) is 1.28. The van der Waals surface area contributed by atoms with Crippen molar-refractivity contribution in [3.63, 3.8) is 0 Å². The normalized spacial score (nSPS) is 16.4. The molecule has 0 unspecified atom stereocenters. The lowest BCUT2D eigenvalue weighted by atomic mass is 9.92. The largest absolute Gasteiger partial charge is 0.493 e. The van der Waals surface area contributed by atoms with Gasteiger partial charge in [-0.3, -0.25) is 4.79 Å². The van der Waals surface area contributed by atoms with Crippen LogP contribution in [0.5, 0.6) is 11.5 Å². The van der Waals surface area contributed by atoms with Crippen LogP contribution >= 0.6 is 23.2 Å². The highest BCUT2D eigenvalue weighted by atomic mass is 35.5. The Balaban J connectivity index is 1.95. The summed E-state index contributed by atoms with van der Waals surface area (Å²) in [4.78, 5) is 14.8. The van der Waals surface area contributed by atoms with E-state index in [1.165, 1.54) is 5.56 Å². The van der Waals surface area contributed by atoms with Gasteiger partial charge in [-0.25, -0.2) is 0 Å². The number of fused-ring (bicyclic) bond motifs is 1. The van der Waals surface area contributed by atoms with Crippen LogP contribution in [0.2, 0.25) is 10.0 Å². The maximum absolute atomic E-state index is 13.0. The Morgan fingerprint density at radius 2 is 1.64 bits per heavy atom. The molecule has 132 valence electrons. The number of methoxy groups -OCH3 is 2. The molecule has 2 aromatic carbocycles. The zero-order chi connectivity index (χ0) is 18.1. The van der Waals surface area contributed by atoms with Gasteiger partial charge in [-0.1, -0.05) is 23.2 Å². The Morgan fingerprint density at radius 3 is 2.24 bits per heavy atom. The minimum Gasteiger partial charge on any atom is -0.493 e. The first-order chi connectivity index (χ1) is 11.9. The lowest BCUT2D eigenvalue weighted by Gasteiger charge is -2.36. The number of hydrogen-bond donors (Lipinski definition) is 0. The molecule has 1 aliphatic rings. The summed E-state index contributed by atoms with van der Waals surface area (Å²) < 4.78 is 10.8. The summed E-state index contributed by atoms with van der Waals surface area (Å²) in [6.07, 6.45) is 0.750. The van der Waals surface area contributed by atoms with Crippen LogP contribution < -0.4 is 9.47 Å². The summed E-state index contributed by atoms with van der Waals surface area (Å²) in [6, 6.07) is 8.76. The highest BCUT2D eigenvalue weighted by Gasteiger charge is 2.30. The van der Waals surface area contributed by atoms with E-state index in [0.29, 0.717) is 33.7 Å². The average Bonchev–Trinajstić information content (AvgIpc) is 2.59. The molecule has 4 nitrogen and oxygen atoms in total. The van der Waals surface area contributed by atoms with E-state index >= 15 is 0 Å². The van der Waals surface area contributed by atoms with Crippen molar-refractivity contribution in [3.8, 4) is 11.5 Å². The molecule has 2 aromatic rings. The van der Waals surface area contributed by atoms with Gasteiger partial charge in [-0.2, -0.15) is 0 Å². The molecule has 6 heteroatoms. The van der Waals surface area contributed by atoms with Gasteiger partial charge in [0, 0.05) is 22.2 Å². The highest BCUT2D eigenvalue weighted by Crippen LogP contribution is 2.38. The van der Waals surface area contributed by atoms with Crippen LogP contribution in [0, 0.1) is 0 Å². The van der Waals surface area contributed by atoms with Crippen molar-refractivity contribution < 1.29 is 14.3 Å². The molecule has 3 rings (SSSR count). The van der Waals surface area contributed by atoms with Crippen LogP contribution in [-0.4, -0.2) is 31.6 Å². The zero-order valence-electron chi connectivity index (χ0n) is 14.3. The number of benzene rings is 2. The third-order valence-corrected chi connectivity index (χ3v) is 4.99. The molecular formula is C19H19Cl2NO3. The topological polar surface area (TPSA) is 38.8 Å². The predicted octanol–water partition coefficient (Wildman–Crippen LogP) is 4.77. The van der Waals surface area contributed by atoms with E-state index in [0.717, 1.165) is 12.0 Å². The van der Waals surface area contributed by atoms with Crippen LogP contribution in [0.4, 0.5) is 0 Å². The van der Waals surface area contributed by atoms with Crippen LogP contribution in [0.25, 0.3) is 0 Å².